The second-order valence-electron chi connectivity index (χ2n) is 4.66. The van der Waals surface area contributed by atoms with E-state index in [4.69, 9.17) is 0 Å². The topological polar surface area (TPSA) is 53.2 Å². The molecule has 4 heteroatoms. The van der Waals surface area contributed by atoms with Crippen molar-refractivity contribution < 1.29 is 4.79 Å². The van der Waals surface area contributed by atoms with Crippen molar-refractivity contribution >= 4 is 5.91 Å². The summed E-state index contributed by atoms with van der Waals surface area (Å²) in [5.74, 6) is 0.105. The maximum absolute atomic E-state index is 11.4. The van der Waals surface area contributed by atoms with Crippen molar-refractivity contribution in [2.24, 2.45) is 0 Å². The molecule has 0 aliphatic carbocycles. The Morgan fingerprint density at radius 3 is 3.00 bits per heavy atom. The summed E-state index contributed by atoms with van der Waals surface area (Å²) in [7, 11) is 0. The average Bonchev–Trinajstić information content (AvgIpc) is 2.76. The molecule has 1 heterocycles. The van der Waals surface area contributed by atoms with Gasteiger partial charge < -0.3 is 16.0 Å². The van der Waals surface area contributed by atoms with Crippen LogP contribution in [0.1, 0.15) is 39.5 Å². The van der Waals surface area contributed by atoms with Crippen LogP contribution in [0.5, 0.6) is 0 Å². The van der Waals surface area contributed by atoms with Gasteiger partial charge in [0.1, 0.15) is 0 Å². The molecule has 94 valence electrons. The van der Waals surface area contributed by atoms with Crippen molar-refractivity contribution in [3.63, 3.8) is 0 Å². The van der Waals surface area contributed by atoms with Crippen LogP contribution in [-0.2, 0) is 4.79 Å². The van der Waals surface area contributed by atoms with Gasteiger partial charge in [0.15, 0.2) is 0 Å². The SMILES string of the molecule is CCCNC(=O)CNC(C)CC1CCCN1. The first-order valence-corrected chi connectivity index (χ1v) is 6.45. The molecule has 1 fully saturated rings. The highest BCUT2D eigenvalue weighted by Gasteiger charge is 2.16. The quantitative estimate of drug-likeness (QED) is 0.598. The third-order valence-electron chi connectivity index (χ3n) is 2.98. The molecule has 1 rings (SSSR count). The number of hydrogen-bond donors (Lipinski definition) is 3. The molecule has 1 aliphatic rings. The first-order chi connectivity index (χ1) is 7.72. The molecular formula is C12H25N3O. The Bertz CT molecular complexity index is 202. The van der Waals surface area contributed by atoms with E-state index >= 15 is 0 Å². The monoisotopic (exact) mass is 227 g/mol. The van der Waals surface area contributed by atoms with E-state index in [9.17, 15) is 4.79 Å². The van der Waals surface area contributed by atoms with Gasteiger partial charge in [-0.25, -0.2) is 0 Å². The van der Waals surface area contributed by atoms with Gasteiger partial charge in [-0.3, -0.25) is 4.79 Å². The molecule has 0 aromatic carbocycles. The van der Waals surface area contributed by atoms with Gasteiger partial charge >= 0.3 is 0 Å². The fourth-order valence-electron chi connectivity index (χ4n) is 2.06. The fourth-order valence-corrected chi connectivity index (χ4v) is 2.06. The zero-order chi connectivity index (χ0) is 11.8. The first kappa shape index (κ1) is 13.5. The maximum Gasteiger partial charge on any atom is 0.233 e. The lowest BCUT2D eigenvalue weighted by atomic mass is 10.1. The summed E-state index contributed by atoms with van der Waals surface area (Å²) in [5.41, 5.74) is 0. The minimum atomic E-state index is 0.105. The van der Waals surface area contributed by atoms with Gasteiger partial charge in [0.2, 0.25) is 5.91 Å². The van der Waals surface area contributed by atoms with E-state index < -0.39 is 0 Å². The van der Waals surface area contributed by atoms with Crippen molar-refractivity contribution in [2.75, 3.05) is 19.6 Å². The largest absolute Gasteiger partial charge is 0.355 e. The van der Waals surface area contributed by atoms with Crippen LogP contribution in [0.3, 0.4) is 0 Å². The molecule has 2 unspecified atom stereocenters. The van der Waals surface area contributed by atoms with E-state index in [0.29, 0.717) is 18.6 Å². The van der Waals surface area contributed by atoms with Crippen molar-refractivity contribution in [1.29, 1.82) is 0 Å². The van der Waals surface area contributed by atoms with Crippen molar-refractivity contribution in [3.05, 3.63) is 0 Å². The Hall–Kier alpha value is -0.610. The Balaban J connectivity index is 2.04. The number of carbonyl (C=O) groups excluding carboxylic acids is 1. The van der Waals surface area contributed by atoms with Crippen LogP contribution in [0.4, 0.5) is 0 Å². The Morgan fingerprint density at radius 2 is 2.38 bits per heavy atom. The standard InChI is InChI=1S/C12H25N3O/c1-3-6-14-12(16)9-15-10(2)8-11-5-4-7-13-11/h10-11,13,15H,3-9H2,1-2H3,(H,14,16). The third kappa shape index (κ3) is 5.47. The number of nitrogens with one attached hydrogen (secondary N) is 3. The summed E-state index contributed by atoms with van der Waals surface area (Å²) >= 11 is 0. The average molecular weight is 227 g/mol. The Labute approximate surface area is 98.6 Å². The number of rotatable bonds is 7. The molecular weight excluding hydrogens is 202 g/mol. The highest BCUT2D eigenvalue weighted by molar-refractivity contribution is 5.77. The maximum atomic E-state index is 11.4. The van der Waals surface area contributed by atoms with Crippen LogP contribution in [0.25, 0.3) is 0 Å². The van der Waals surface area contributed by atoms with Crippen LogP contribution in [-0.4, -0.2) is 37.6 Å². The summed E-state index contributed by atoms with van der Waals surface area (Å²) in [6, 6.07) is 1.05. The normalized spacial score (nSPS) is 22.0. The van der Waals surface area contributed by atoms with Crippen LogP contribution in [0.15, 0.2) is 0 Å². The number of carbonyl (C=O) groups is 1. The van der Waals surface area contributed by atoms with E-state index in [1.54, 1.807) is 0 Å². The van der Waals surface area contributed by atoms with Crippen LogP contribution in [0.2, 0.25) is 0 Å². The molecule has 0 saturated carbocycles. The highest BCUT2D eigenvalue weighted by Crippen LogP contribution is 2.10. The fraction of sp³-hybridized carbons (Fsp3) is 0.917. The lowest BCUT2D eigenvalue weighted by molar-refractivity contribution is -0.120. The van der Waals surface area contributed by atoms with Gasteiger partial charge in [-0.2, -0.15) is 0 Å². The molecule has 1 saturated heterocycles. The Kier molecular flexibility index (Phi) is 6.42. The second-order valence-corrected chi connectivity index (χ2v) is 4.66. The van der Waals surface area contributed by atoms with Crippen LogP contribution in [0, 0.1) is 0 Å². The van der Waals surface area contributed by atoms with Gasteiger partial charge in [0, 0.05) is 18.6 Å². The van der Waals surface area contributed by atoms with Crippen LogP contribution < -0.4 is 16.0 Å². The molecule has 0 radical (unpaired) electrons. The van der Waals surface area contributed by atoms with E-state index in [0.717, 1.165) is 25.9 Å². The molecule has 1 aliphatic heterocycles. The molecule has 16 heavy (non-hydrogen) atoms. The molecule has 4 nitrogen and oxygen atoms in total. The van der Waals surface area contributed by atoms with Crippen LogP contribution >= 0.6 is 0 Å². The minimum absolute atomic E-state index is 0.105. The summed E-state index contributed by atoms with van der Waals surface area (Å²) in [6.07, 6.45) is 4.66. The zero-order valence-electron chi connectivity index (χ0n) is 10.5. The minimum Gasteiger partial charge on any atom is -0.355 e. The number of hydrogen-bond acceptors (Lipinski definition) is 3. The van der Waals surface area contributed by atoms with Gasteiger partial charge in [-0.05, 0) is 39.2 Å². The van der Waals surface area contributed by atoms with Crippen molar-refractivity contribution in [1.82, 2.24) is 16.0 Å². The molecule has 0 aromatic rings. The van der Waals surface area contributed by atoms with E-state index in [-0.39, 0.29) is 5.91 Å². The smallest absolute Gasteiger partial charge is 0.233 e. The van der Waals surface area contributed by atoms with E-state index in [1.807, 2.05) is 0 Å². The summed E-state index contributed by atoms with van der Waals surface area (Å²) in [6.45, 7) is 6.57. The van der Waals surface area contributed by atoms with Gasteiger partial charge in [-0.1, -0.05) is 6.92 Å². The van der Waals surface area contributed by atoms with Gasteiger partial charge in [0.25, 0.3) is 0 Å². The molecule has 2 atom stereocenters. The predicted octanol–water partition coefficient (Wildman–Crippen LogP) is 0.633. The zero-order valence-corrected chi connectivity index (χ0v) is 10.5. The lowest BCUT2D eigenvalue weighted by Gasteiger charge is -2.18. The molecule has 3 N–H and O–H groups in total. The summed E-state index contributed by atoms with van der Waals surface area (Å²) < 4.78 is 0. The lowest BCUT2D eigenvalue weighted by Crippen LogP contribution is -2.40. The molecule has 0 bridgehead atoms. The van der Waals surface area contributed by atoms with E-state index in [2.05, 4.69) is 29.8 Å². The molecule has 0 spiro atoms. The third-order valence-corrected chi connectivity index (χ3v) is 2.98. The molecule has 1 amide bonds. The second kappa shape index (κ2) is 7.63. The van der Waals surface area contributed by atoms with E-state index in [1.165, 1.54) is 12.8 Å². The Morgan fingerprint density at radius 1 is 1.56 bits per heavy atom. The van der Waals surface area contributed by atoms with Gasteiger partial charge in [0.05, 0.1) is 6.54 Å². The summed E-state index contributed by atoms with van der Waals surface area (Å²) in [4.78, 5) is 11.4. The summed E-state index contributed by atoms with van der Waals surface area (Å²) in [5, 5.41) is 9.60. The molecule has 0 aromatic heterocycles. The van der Waals surface area contributed by atoms with Gasteiger partial charge in [-0.15, -0.1) is 0 Å². The first-order valence-electron chi connectivity index (χ1n) is 6.45. The highest BCUT2D eigenvalue weighted by atomic mass is 16.1. The van der Waals surface area contributed by atoms with Crippen molar-refractivity contribution in [3.8, 4) is 0 Å². The predicted molar refractivity (Wildman–Crippen MR) is 66.4 cm³/mol. The van der Waals surface area contributed by atoms with Crippen molar-refractivity contribution in [2.45, 2.75) is 51.6 Å². The number of amides is 1.